The number of nitrogens with two attached hydrogens (primary N) is 1. The number of halogens is 3. The van der Waals surface area contributed by atoms with Crippen LogP contribution >= 0.6 is 0 Å². The summed E-state index contributed by atoms with van der Waals surface area (Å²) in [5, 5.41) is 14.0. The molecule has 0 unspecified atom stereocenters. The molecule has 0 amide bonds. The fourth-order valence-electron chi connectivity index (χ4n) is 1.18. The molecule has 0 atom stereocenters. The van der Waals surface area contributed by atoms with Crippen LogP contribution in [0.2, 0.25) is 0 Å². The molecular formula is C7H6F3N3O6S. The van der Waals surface area contributed by atoms with Gasteiger partial charge >= 0.3 is 12.0 Å². The molecule has 0 spiro atoms. The highest BCUT2D eigenvalue weighted by molar-refractivity contribution is 7.89. The first-order valence-corrected chi connectivity index (χ1v) is 6.02. The van der Waals surface area contributed by atoms with Gasteiger partial charge in [-0.25, -0.2) is 18.5 Å². The zero-order valence-electron chi connectivity index (χ0n) is 9.54. The SMILES string of the molecule is COc1cnc(S(N)(=O)=O)c(OC(F)(F)F)c1[N+](=O)[O-]. The monoisotopic (exact) mass is 317 g/mol. The number of ether oxygens (including phenoxy) is 2. The van der Waals surface area contributed by atoms with E-state index in [1.165, 1.54) is 0 Å². The van der Waals surface area contributed by atoms with Gasteiger partial charge in [-0.3, -0.25) is 10.1 Å². The summed E-state index contributed by atoms with van der Waals surface area (Å²) >= 11 is 0. The molecule has 0 bridgehead atoms. The van der Waals surface area contributed by atoms with Gasteiger partial charge in [-0.1, -0.05) is 0 Å². The minimum Gasteiger partial charge on any atom is -0.489 e. The zero-order chi connectivity index (χ0) is 15.7. The summed E-state index contributed by atoms with van der Waals surface area (Å²) in [5.74, 6) is -2.38. The number of pyridine rings is 1. The van der Waals surface area contributed by atoms with Crippen molar-refractivity contribution in [2.75, 3.05) is 7.11 Å². The lowest BCUT2D eigenvalue weighted by atomic mass is 10.3. The summed E-state index contributed by atoms with van der Waals surface area (Å²) in [7, 11) is -3.87. The number of nitro groups is 1. The Labute approximate surface area is 109 Å². The predicted octanol–water partition coefficient (Wildman–Crippen LogP) is 0.544. The zero-order valence-corrected chi connectivity index (χ0v) is 10.4. The maximum atomic E-state index is 12.2. The van der Waals surface area contributed by atoms with Crippen molar-refractivity contribution in [3.63, 3.8) is 0 Å². The molecule has 1 aromatic rings. The number of sulfonamides is 1. The highest BCUT2D eigenvalue weighted by Crippen LogP contribution is 2.42. The number of rotatable bonds is 4. The van der Waals surface area contributed by atoms with Gasteiger partial charge in [0.25, 0.3) is 10.0 Å². The maximum absolute atomic E-state index is 12.2. The second kappa shape index (κ2) is 5.09. The van der Waals surface area contributed by atoms with Gasteiger partial charge in [0.05, 0.1) is 18.2 Å². The van der Waals surface area contributed by atoms with E-state index in [4.69, 9.17) is 0 Å². The largest absolute Gasteiger partial charge is 0.573 e. The van der Waals surface area contributed by atoms with E-state index in [0.29, 0.717) is 6.20 Å². The third kappa shape index (κ3) is 3.45. The molecule has 20 heavy (non-hydrogen) atoms. The van der Waals surface area contributed by atoms with Crippen LogP contribution in [0.1, 0.15) is 0 Å². The third-order valence-electron chi connectivity index (χ3n) is 1.83. The average Bonchev–Trinajstić information content (AvgIpc) is 2.23. The first-order chi connectivity index (χ1) is 8.97. The van der Waals surface area contributed by atoms with E-state index in [9.17, 15) is 31.7 Å². The number of aromatic nitrogens is 1. The second-order valence-corrected chi connectivity index (χ2v) is 4.64. The van der Waals surface area contributed by atoms with E-state index in [0.717, 1.165) is 7.11 Å². The molecular weight excluding hydrogens is 311 g/mol. The van der Waals surface area contributed by atoms with Crippen LogP contribution in [-0.4, -0.2) is 31.8 Å². The van der Waals surface area contributed by atoms with Crippen LogP contribution in [-0.2, 0) is 10.0 Å². The Kier molecular flexibility index (Phi) is 4.04. The smallest absolute Gasteiger partial charge is 0.489 e. The molecule has 0 aliphatic rings. The summed E-state index contributed by atoms with van der Waals surface area (Å²) in [6.07, 6.45) is -4.85. The Balaban J connectivity index is 3.73. The van der Waals surface area contributed by atoms with Crippen LogP contribution in [0.5, 0.6) is 11.5 Å². The number of hydrogen-bond donors (Lipinski definition) is 1. The average molecular weight is 317 g/mol. The van der Waals surface area contributed by atoms with Gasteiger partial charge < -0.3 is 9.47 Å². The van der Waals surface area contributed by atoms with Gasteiger partial charge in [-0.2, -0.15) is 0 Å². The fraction of sp³-hybridized carbons (Fsp3) is 0.286. The summed E-state index contributed by atoms with van der Waals surface area (Å²) in [4.78, 5) is 12.6. The Morgan fingerprint density at radius 2 is 2.00 bits per heavy atom. The van der Waals surface area contributed by atoms with Crippen molar-refractivity contribution in [1.82, 2.24) is 4.98 Å². The van der Waals surface area contributed by atoms with Gasteiger partial charge in [-0.05, 0) is 0 Å². The maximum Gasteiger partial charge on any atom is 0.573 e. The Bertz CT molecular complexity index is 644. The standard InChI is InChI=1S/C7H6F3N3O6S/c1-18-3-2-12-6(20(11,16)17)5(4(3)13(14)15)19-7(8,9)10/h2H,1H3,(H2,11,16,17). The lowest BCUT2D eigenvalue weighted by Gasteiger charge is -2.12. The van der Waals surface area contributed by atoms with Gasteiger partial charge in [0.1, 0.15) is 0 Å². The number of nitrogens with zero attached hydrogens (tertiary/aromatic N) is 2. The summed E-state index contributed by atoms with van der Waals surface area (Å²) in [6.45, 7) is 0. The van der Waals surface area contributed by atoms with E-state index in [-0.39, 0.29) is 0 Å². The van der Waals surface area contributed by atoms with Crippen LogP contribution in [0.25, 0.3) is 0 Å². The molecule has 0 aromatic carbocycles. The minimum atomic E-state index is -5.39. The highest BCUT2D eigenvalue weighted by atomic mass is 32.2. The van der Waals surface area contributed by atoms with Crippen molar-refractivity contribution < 1.29 is 36.0 Å². The normalized spacial score (nSPS) is 12.1. The molecule has 1 aromatic heterocycles. The molecule has 0 aliphatic carbocycles. The molecule has 2 N–H and O–H groups in total. The van der Waals surface area contributed by atoms with Gasteiger partial charge in [0.2, 0.25) is 16.5 Å². The molecule has 9 nitrogen and oxygen atoms in total. The second-order valence-electron chi connectivity index (χ2n) is 3.16. The molecule has 1 rings (SSSR count). The summed E-state index contributed by atoms with van der Waals surface area (Å²) in [6, 6.07) is 0. The Morgan fingerprint density at radius 1 is 1.45 bits per heavy atom. The van der Waals surface area contributed by atoms with Crippen LogP contribution < -0.4 is 14.6 Å². The quantitative estimate of drug-likeness (QED) is 0.632. The topological polar surface area (TPSA) is 135 Å². The lowest BCUT2D eigenvalue weighted by Crippen LogP contribution is -2.23. The van der Waals surface area contributed by atoms with Crippen LogP contribution in [0.3, 0.4) is 0 Å². The van der Waals surface area contributed by atoms with E-state index in [2.05, 4.69) is 19.6 Å². The fourth-order valence-corrected chi connectivity index (χ4v) is 1.78. The van der Waals surface area contributed by atoms with Crippen LogP contribution in [0.15, 0.2) is 11.2 Å². The van der Waals surface area contributed by atoms with Crippen molar-refractivity contribution in [1.29, 1.82) is 0 Å². The number of primary sulfonamides is 1. The molecule has 0 fully saturated rings. The highest BCUT2D eigenvalue weighted by Gasteiger charge is 2.40. The van der Waals surface area contributed by atoms with Crippen molar-refractivity contribution in [2.24, 2.45) is 5.14 Å². The number of methoxy groups -OCH3 is 1. The molecule has 112 valence electrons. The Morgan fingerprint density at radius 3 is 2.35 bits per heavy atom. The number of alkyl halides is 3. The van der Waals surface area contributed by atoms with E-state index >= 15 is 0 Å². The first-order valence-electron chi connectivity index (χ1n) is 4.47. The van der Waals surface area contributed by atoms with Crippen molar-refractivity contribution >= 4 is 15.7 Å². The predicted molar refractivity (Wildman–Crippen MR) is 55.5 cm³/mol. The van der Waals surface area contributed by atoms with Gasteiger partial charge in [-0.15, -0.1) is 13.2 Å². The first kappa shape index (κ1) is 15.9. The minimum absolute atomic E-state index is 0.543. The van der Waals surface area contributed by atoms with Crippen molar-refractivity contribution in [3.8, 4) is 11.5 Å². The van der Waals surface area contributed by atoms with E-state index < -0.39 is 43.5 Å². The third-order valence-corrected chi connectivity index (χ3v) is 2.66. The number of hydrogen-bond acceptors (Lipinski definition) is 7. The van der Waals surface area contributed by atoms with Crippen LogP contribution in [0.4, 0.5) is 18.9 Å². The van der Waals surface area contributed by atoms with Gasteiger partial charge in [0, 0.05) is 0 Å². The lowest BCUT2D eigenvalue weighted by molar-refractivity contribution is -0.390. The molecule has 0 saturated carbocycles. The van der Waals surface area contributed by atoms with Gasteiger partial charge in [0.15, 0.2) is 0 Å². The van der Waals surface area contributed by atoms with E-state index in [1.807, 2.05) is 0 Å². The van der Waals surface area contributed by atoms with Crippen LogP contribution in [0, 0.1) is 10.1 Å². The molecule has 1 heterocycles. The van der Waals surface area contributed by atoms with Crippen molar-refractivity contribution in [2.45, 2.75) is 11.4 Å². The summed E-state index contributed by atoms with van der Waals surface area (Å²) in [5.41, 5.74) is -1.36. The molecule has 0 aliphatic heterocycles. The molecule has 13 heteroatoms. The summed E-state index contributed by atoms with van der Waals surface area (Å²) < 4.78 is 66.7. The Hall–Kier alpha value is -2.15. The van der Waals surface area contributed by atoms with E-state index in [1.54, 1.807) is 0 Å². The van der Waals surface area contributed by atoms with Crippen molar-refractivity contribution in [3.05, 3.63) is 16.3 Å². The molecule has 0 saturated heterocycles. The molecule has 0 radical (unpaired) electrons.